The quantitative estimate of drug-likeness (QED) is 0.864. The molecule has 1 fully saturated rings. The van der Waals surface area contributed by atoms with E-state index in [1.807, 2.05) is 24.3 Å². The maximum absolute atomic E-state index is 11.3. The third-order valence-corrected chi connectivity index (χ3v) is 4.44. The molecule has 0 bridgehead atoms. The van der Waals surface area contributed by atoms with Crippen LogP contribution in [0.3, 0.4) is 0 Å². The van der Waals surface area contributed by atoms with Gasteiger partial charge >= 0.3 is 0 Å². The van der Waals surface area contributed by atoms with Crippen molar-refractivity contribution in [1.82, 2.24) is 14.8 Å². The van der Waals surface area contributed by atoms with Gasteiger partial charge in [0, 0.05) is 5.02 Å². The zero-order chi connectivity index (χ0) is 14.0. The lowest BCUT2D eigenvalue weighted by atomic mass is 9.82. The average molecular weight is 292 g/mol. The molecule has 4 nitrogen and oxygen atoms in total. The molecular weight excluding hydrogens is 274 g/mol. The first-order valence-corrected chi connectivity index (χ1v) is 7.40. The fraction of sp³-hybridized carbons (Fsp3) is 0.467. The van der Waals surface area contributed by atoms with Crippen LogP contribution < -0.4 is 0 Å². The second-order valence-corrected chi connectivity index (χ2v) is 5.86. The van der Waals surface area contributed by atoms with Gasteiger partial charge in [0.15, 0.2) is 0 Å². The van der Waals surface area contributed by atoms with Crippen LogP contribution >= 0.6 is 11.6 Å². The van der Waals surface area contributed by atoms with Crippen LogP contribution in [0.25, 0.3) is 0 Å². The van der Waals surface area contributed by atoms with Crippen molar-refractivity contribution in [1.29, 1.82) is 0 Å². The van der Waals surface area contributed by atoms with Crippen LogP contribution in [0.4, 0.5) is 0 Å². The molecule has 106 valence electrons. The Morgan fingerprint density at radius 2 is 2.00 bits per heavy atom. The Morgan fingerprint density at radius 1 is 1.20 bits per heavy atom. The number of rotatable bonds is 2. The van der Waals surface area contributed by atoms with Crippen LogP contribution in [0.1, 0.15) is 43.7 Å². The highest BCUT2D eigenvalue weighted by Crippen LogP contribution is 2.43. The molecule has 0 amide bonds. The molecule has 0 radical (unpaired) electrons. The molecule has 1 aliphatic carbocycles. The molecular formula is C15H18ClN3O. The molecule has 1 heterocycles. The number of nitrogens with zero attached hydrogens (tertiary/aromatic N) is 3. The van der Waals surface area contributed by atoms with E-state index < -0.39 is 5.60 Å². The van der Waals surface area contributed by atoms with Crippen molar-refractivity contribution in [2.24, 2.45) is 0 Å². The Labute approximate surface area is 123 Å². The average Bonchev–Trinajstić information content (AvgIpc) is 2.90. The molecule has 1 aromatic heterocycles. The summed E-state index contributed by atoms with van der Waals surface area (Å²) in [6.45, 7) is 0. The SMILES string of the molecule is OC1(c2ccc(Cl)cc2)CCCCCC1n1cncn1. The molecule has 1 saturated carbocycles. The van der Waals surface area contributed by atoms with E-state index in [1.54, 1.807) is 11.0 Å². The molecule has 20 heavy (non-hydrogen) atoms. The Morgan fingerprint density at radius 3 is 2.70 bits per heavy atom. The highest BCUT2D eigenvalue weighted by molar-refractivity contribution is 6.30. The van der Waals surface area contributed by atoms with Crippen LogP contribution in [0.2, 0.25) is 5.02 Å². The van der Waals surface area contributed by atoms with Crippen molar-refractivity contribution in [3.63, 3.8) is 0 Å². The number of halogens is 1. The standard InChI is InChI=1S/C15H18ClN3O/c16-13-7-5-12(6-8-13)15(20)9-3-1-2-4-14(15)19-11-17-10-18-19/h5-8,10-11,14,20H,1-4,9H2. The summed E-state index contributed by atoms with van der Waals surface area (Å²) >= 11 is 5.95. The second-order valence-electron chi connectivity index (χ2n) is 5.42. The van der Waals surface area contributed by atoms with E-state index in [1.165, 1.54) is 6.33 Å². The van der Waals surface area contributed by atoms with Crippen molar-refractivity contribution in [3.8, 4) is 0 Å². The first kappa shape index (κ1) is 13.6. The Hall–Kier alpha value is -1.39. The number of hydrogen-bond acceptors (Lipinski definition) is 3. The largest absolute Gasteiger partial charge is 0.383 e. The van der Waals surface area contributed by atoms with E-state index in [0.29, 0.717) is 5.02 Å². The summed E-state index contributed by atoms with van der Waals surface area (Å²) < 4.78 is 1.79. The molecule has 1 aromatic carbocycles. The summed E-state index contributed by atoms with van der Waals surface area (Å²) in [4.78, 5) is 4.02. The minimum Gasteiger partial charge on any atom is -0.383 e. The third kappa shape index (κ3) is 2.45. The first-order valence-electron chi connectivity index (χ1n) is 7.03. The Kier molecular flexibility index (Phi) is 3.76. The van der Waals surface area contributed by atoms with Gasteiger partial charge in [-0.05, 0) is 30.5 Å². The van der Waals surface area contributed by atoms with E-state index >= 15 is 0 Å². The molecule has 1 aliphatic rings. The van der Waals surface area contributed by atoms with Crippen LogP contribution in [0.15, 0.2) is 36.9 Å². The Bertz CT molecular complexity index is 555. The van der Waals surface area contributed by atoms with E-state index in [-0.39, 0.29) is 6.04 Å². The van der Waals surface area contributed by atoms with Gasteiger partial charge in [-0.2, -0.15) is 5.10 Å². The monoisotopic (exact) mass is 291 g/mol. The van der Waals surface area contributed by atoms with E-state index in [4.69, 9.17) is 11.6 Å². The summed E-state index contributed by atoms with van der Waals surface area (Å²) in [5, 5.41) is 16.2. The molecule has 3 rings (SSSR count). The van der Waals surface area contributed by atoms with Crippen LogP contribution in [-0.4, -0.2) is 19.9 Å². The minimum absolute atomic E-state index is 0.0753. The highest BCUT2D eigenvalue weighted by Gasteiger charge is 2.40. The maximum atomic E-state index is 11.3. The van der Waals surface area contributed by atoms with Gasteiger partial charge in [-0.15, -0.1) is 0 Å². The lowest BCUT2D eigenvalue weighted by molar-refractivity contribution is -0.0286. The summed E-state index contributed by atoms with van der Waals surface area (Å²) in [5.74, 6) is 0. The fourth-order valence-electron chi connectivity index (χ4n) is 3.12. The van der Waals surface area contributed by atoms with Crippen molar-refractivity contribution in [2.75, 3.05) is 0 Å². The second kappa shape index (κ2) is 5.54. The molecule has 2 atom stereocenters. The zero-order valence-electron chi connectivity index (χ0n) is 11.2. The number of aromatic nitrogens is 3. The van der Waals surface area contributed by atoms with Gasteiger partial charge in [-0.3, -0.25) is 0 Å². The predicted molar refractivity (Wildman–Crippen MR) is 77.5 cm³/mol. The predicted octanol–water partition coefficient (Wildman–Crippen LogP) is 3.32. The zero-order valence-corrected chi connectivity index (χ0v) is 12.0. The molecule has 0 spiro atoms. The molecule has 2 unspecified atom stereocenters. The third-order valence-electron chi connectivity index (χ3n) is 4.19. The molecule has 0 saturated heterocycles. The summed E-state index contributed by atoms with van der Waals surface area (Å²) in [6.07, 6.45) is 8.11. The minimum atomic E-state index is -0.908. The Balaban J connectivity index is 2.02. The first-order chi connectivity index (χ1) is 9.70. The van der Waals surface area contributed by atoms with Gasteiger partial charge in [0.2, 0.25) is 0 Å². The molecule has 2 aromatic rings. The molecule has 5 heteroatoms. The topological polar surface area (TPSA) is 50.9 Å². The maximum Gasteiger partial charge on any atom is 0.137 e. The van der Waals surface area contributed by atoms with Crippen molar-refractivity contribution >= 4 is 11.6 Å². The fourth-order valence-corrected chi connectivity index (χ4v) is 3.24. The highest BCUT2D eigenvalue weighted by atomic mass is 35.5. The van der Waals surface area contributed by atoms with E-state index in [0.717, 1.165) is 37.7 Å². The summed E-state index contributed by atoms with van der Waals surface area (Å²) in [5.41, 5.74) is -0.00119. The van der Waals surface area contributed by atoms with E-state index in [9.17, 15) is 5.11 Å². The van der Waals surface area contributed by atoms with Gasteiger partial charge in [0.1, 0.15) is 18.3 Å². The number of aliphatic hydroxyl groups is 1. The van der Waals surface area contributed by atoms with Gasteiger partial charge in [0.25, 0.3) is 0 Å². The van der Waals surface area contributed by atoms with Crippen LogP contribution in [0, 0.1) is 0 Å². The van der Waals surface area contributed by atoms with Crippen molar-refractivity contribution in [2.45, 2.75) is 43.7 Å². The lowest BCUT2D eigenvalue weighted by Crippen LogP contribution is -2.36. The van der Waals surface area contributed by atoms with Crippen LogP contribution in [0.5, 0.6) is 0 Å². The van der Waals surface area contributed by atoms with Crippen LogP contribution in [-0.2, 0) is 5.60 Å². The normalized spacial score (nSPS) is 27.2. The van der Waals surface area contributed by atoms with Gasteiger partial charge in [-0.1, -0.05) is 43.0 Å². The summed E-state index contributed by atoms with van der Waals surface area (Å²) in [6, 6.07) is 7.42. The van der Waals surface area contributed by atoms with Crippen molar-refractivity contribution < 1.29 is 5.11 Å². The molecule has 1 N–H and O–H groups in total. The molecule has 0 aliphatic heterocycles. The number of hydrogen-bond donors (Lipinski definition) is 1. The number of benzene rings is 1. The summed E-state index contributed by atoms with van der Waals surface area (Å²) in [7, 11) is 0. The van der Waals surface area contributed by atoms with Gasteiger partial charge in [0.05, 0.1) is 6.04 Å². The smallest absolute Gasteiger partial charge is 0.137 e. The lowest BCUT2D eigenvalue weighted by Gasteiger charge is -2.35. The van der Waals surface area contributed by atoms with E-state index in [2.05, 4.69) is 10.1 Å². The van der Waals surface area contributed by atoms with Gasteiger partial charge in [-0.25, -0.2) is 9.67 Å². The van der Waals surface area contributed by atoms with Crippen molar-refractivity contribution in [3.05, 3.63) is 47.5 Å². The van der Waals surface area contributed by atoms with Gasteiger partial charge < -0.3 is 5.11 Å².